The molecule has 1 amide bonds. The Labute approximate surface area is 146 Å². The first-order valence-electron chi connectivity index (χ1n) is 8.48. The van der Waals surface area contributed by atoms with Crippen molar-refractivity contribution < 1.29 is 4.79 Å². The summed E-state index contributed by atoms with van der Waals surface area (Å²) in [5.41, 5.74) is 1.30. The molecule has 0 atom stereocenters. The number of aromatic nitrogens is 3. The standard InChI is InChI=1S/C17H23N5OS/c1-12(2)13-11-14(15(23)21-17-18-7-10-24-17)20-16(19-13)22-8-5-3-4-6-9-22/h7,10-12H,3-6,8-9H2,1-2H3,(H,18,21,23). The van der Waals surface area contributed by atoms with Crippen molar-refractivity contribution in [3.63, 3.8) is 0 Å². The molecule has 1 fully saturated rings. The van der Waals surface area contributed by atoms with Gasteiger partial charge in [0, 0.05) is 30.4 Å². The van der Waals surface area contributed by atoms with Crippen LogP contribution < -0.4 is 10.2 Å². The lowest BCUT2D eigenvalue weighted by molar-refractivity contribution is 0.102. The highest BCUT2D eigenvalue weighted by Gasteiger charge is 2.19. The summed E-state index contributed by atoms with van der Waals surface area (Å²) in [5.74, 6) is 0.683. The molecule has 6 nitrogen and oxygen atoms in total. The zero-order valence-corrected chi connectivity index (χ0v) is 15.0. The highest BCUT2D eigenvalue weighted by atomic mass is 32.1. The van der Waals surface area contributed by atoms with E-state index in [1.165, 1.54) is 24.2 Å². The Hall–Kier alpha value is -2.02. The Balaban J connectivity index is 1.88. The van der Waals surface area contributed by atoms with Gasteiger partial charge in [0.05, 0.1) is 0 Å². The van der Waals surface area contributed by atoms with Crippen molar-refractivity contribution in [1.29, 1.82) is 0 Å². The Morgan fingerprint density at radius 2 is 1.96 bits per heavy atom. The van der Waals surface area contributed by atoms with Crippen LogP contribution in [0.2, 0.25) is 0 Å². The molecule has 7 heteroatoms. The maximum Gasteiger partial charge on any atom is 0.276 e. The van der Waals surface area contributed by atoms with E-state index < -0.39 is 0 Å². The summed E-state index contributed by atoms with van der Waals surface area (Å²) < 4.78 is 0. The van der Waals surface area contributed by atoms with Crippen LogP contribution in [0.15, 0.2) is 17.6 Å². The SMILES string of the molecule is CC(C)c1cc(C(=O)Nc2nccs2)nc(N2CCCCCC2)n1. The first kappa shape index (κ1) is 16.8. The Kier molecular flexibility index (Phi) is 5.40. The Bertz CT molecular complexity index is 678. The van der Waals surface area contributed by atoms with E-state index in [0.29, 0.717) is 16.8 Å². The minimum atomic E-state index is -0.231. The van der Waals surface area contributed by atoms with Crippen LogP contribution in [-0.2, 0) is 0 Å². The maximum atomic E-state index is 12.5. The quantitative estimate of drug-likeness (QED) is 0.915. The van der Waals surface area contributed by atoms with Crippen molar-refractivity contribution in [3.8, 4) is 0 Å². The second kappa shape index (κ2) is 7.70. The fourth-order valence-electron chi connectivity index (χ4n) is 2.72. The minimum Gasteiger partial charge on any atom is -0.341 e. The van der Waals surface area contributed by atoms with Gasteiger partial charge in [-0.2, -0.15) is 0 Å². The molecule has 0 spiro atoms. The predicted octanol–water partition coefficient (Wildman–Crippen LogP) is 3.69. The van der Waals surface area contributed by atoms with Crippen LogP contribution in [0.3, 0.4) is 0 Å². The lowest BCUT2D eigenvalue weighted by Crippen LogP contribution is -2.28. The molecule has 0 radical (unpaired) electrons. The van der Waals surface area contributed by atoms with Crippen molar-refractivity contribution in [3.05, 3.63) is 29.0 Å². The van der Waals surface area contributed by atoms with Gasteiger partial charge in [0.2, 0.25) is 5.95 Å². The van der Waals surface area contributed by atoms with E-state index in [-0.39, 0.29) is 11.8 Å². The van der Waals surface area contributed by atoms with Gasteiger partial charge in [-0.15, -0.1) is 11.3 Å². The van der Waals surface area contributed by atoms with E-state index in [9.17, 15) is 4.79 Å². The lowest BCUT2D eigenvalue weighted by atomic mass is 10.1. The number of thiazole rings is 1. The molecule has 2 aromatic heterocycles. The number of hydrogen-bond acceptors (Lipinski definition) is 6. The van der Waals surface area contributed by atoms with Gasteiger partial charge in [0.15, 0.2) is 5.13 Å². The fraction of sp³-hybridized carbons (Fsp3) is 0.529. The molecule has 0 saturated carbocycles. The van der Waals surface area contributed by atoms with Gasteiger partial charge in [-0.05, 0) is 24.8 Å². The molecular weight excluding hydrogens is 322 g/mol. The van der Waals surface area contributed by atoms with E-state index in [2.05, 4.69) is 34.0 Å². The van der Waals surface area contributed by atoms with E-state index in [1.807, 2.05) is 5.38 Å². The summed E-state index contributed by atoms with van der Waals surface area (Å²) in [6.07, 6.45) is 6.46. The van der Waals surface area contributed by atoms with Crippen LogP contribution in [0.5, 0.6) is 0 Å². The number of hydrogen-bond donors (Lipinski definition) is 1. The second-order valence-electron chi connectivity index (χ2n) is 6.33. The molecule has 0 bridgehead atoms. The van der Waals surface area contributed by atoms with Crippen molar-refractivity contribution in [2.24, 2.45) is 0 Å². The fourth-order valence-corrected chi connectivity index (χ4v) is 3.25. The molecule has 1 aliphatic rings. The first-order valence-corrected chi connectivity index (χ1v) is 9.36. The molecule has 1 saturated heterocycles. The van der Waals surface area contributed by atoms with Crippen LogP contribution in [0, 0.1) is 0 Å². The zero-order valence-electron chi connectivity index (χ0n) is 14.2. The number of nitrogens with one attached hydrogen (secondary N) is 1. The number of anilines is 2. The van der Waals surface area contributed by atoms with Crippen molar-refractivity contribution in [2.75, 3.05) is 23.3 Å². The van der Waals surface area contributed by atoms with Gasteiger partial charge in [0.1, 0.15) is 5.69 Å². The van der Waals surface area contributed by atoms with Gasteiger partial charge >= 0.3 is 0 Å². The molecular formula is C17H23N5OS. The molecule has 1 aliphatic heterocycles. The number of carbonyl (C=O) groups is 1. The smallest absolute Gasteiger partial charge is 0.276 e. The molecule has 3 heterocycles. The summed E-state index contributed by atoms with van der Waals surface area (Å²) in [6, 6.07) is 1.79. The third kappa shape index (κ3) is 4.08. The summed E-state index contributed by atoms with van der Waals surface area (Å²) in [7, 11) is 0. The predicted molar refractivity (Wildman–Crippen MR) is 96.9 cm³/mol. The third-order valence-electron chi connectivity index (χ3n) is 4.10. The summed E-state index contributed by atoms with van der Waals surface area (Å²) in [5, 5.41) is 5.22. The van der Waals surface area contributed by atoms with Gasteiger partial charge in [-0.3, -0.25) is 10.1 Å². The molecule has 128 valence electrons. The average molecular weight is 345 g/mol. The van der Waals surface area contributed by atoms with Crippen molar-refractivity contribution >= 4 is 28.3 Å². The van der Waals surface area contributed by atoms with Gasteiger partial charge < -0.3 is 4.90 Å². The monoisotopic (exact) mass is 345 g/mol. The number of nitrogens with zero attached hydrogens (tertiary/aromatic N) is 4. The molecule has 2 aromatic rings. The third-order valence-corrected chi connectivity index (χ3v) is 4.79. The zero-order chi connectivity index (χ0) is 16.9. The van der Waals surface area contributed by atoms with Crippen LogP contribution in [-0.4, -0.2) is 33.9 Å². The van der Waals surface area contributed by atoms with Crippen molar-refractivity contribution in [2.45, 2.75) is 45.4 Å². The van der Waals surface area contributed by atoms with Crippen LogP contribution in [0.4, 0.5) is 11.1 Å². The molecule has 24 heavy (non-hydrogen) atoms. The van der Waals surface area contributed by atoms with E-state index in [0.717, 1.165) is 31.6 Å². The number of rotatable bonds is 4. The summed E-state index contributed by atoms with van der Waals surface area (Å²) >= 11 is 1.39. The maximum absolute atomic E-state index is 12.5. The second-order valence-corrected chi connectivity index (χ2v) is 7.22. The highest BCUT2D eigenvalue weighted by molar-refractivity contribution is 7.13. The number of amides is 1. The van der Waals surface area contributed by atoms with Crippen molar-refractivity contribution in [1.82, 2.24) is 15.0 Å². The molecule has 1 N–H and O–H groups in total. The number of carbonyl (C=O) groups excluding carboxylic acids is 1. The van der Waals surface area contributed by atoms with Gasteiger partial charge in [-0.25, -0.2) is 15.0 Å². The van der Waals surface area contributed by atoms with Gasteiger partial charge in [0.25, 0.3) is 5.91 Å². The topological polar surface area (TPSA) is 71.0 Å². The average Bonchev–Trinajstić information content (AvgIpc) is 2.93. The molecule has 0 aromatic carbocycles. The Morgan fingerprint density at radius 1 is 1.21 bits per heavy atom. The molecule has 0 aliphatic carbocycles. The highest BCUT2D eigenvalue weighted by Crippen LogP contribution is 2.21. The summed E-state index contributed by atoms with van der Waals surface area (Å²) in [4.78, 5) is 28.1. The van der Waals surface area contributed by atoms with Gasteiger partial charge in [-0.1, -0.05) is 26.7 Å². The van der Waals surface area contributed by atoms with Crippen LogP contribution in [0.25, 0.3) is 0 Å². The van der Waals surface area contributed by atoms with Crippen LogP contribution in [0.1, 0.15) is 61.6 Å². The van der Waals surface area contributed by atoms with E-state index in [4.69, 9.17) is 4.98 Å². The largest absolute Gasteiger partial charge is 0.341 e. The van der Waals surface area contributed by atoms with E-state index in [1.54, 1.807) is 12.3 Å². The molecule has 3 rings (SSSR count). The summed E-state index contributed by atoms with van der Waals surface area (Å²) in [6.45, 7) is 6.07. The first-order chi connectivity index (χ1) is 11.6. The minimum absolute atomic E-state index is 0.231. The molecule has 0 unspecified atom stereocenters. The lowest BCUT2D eigenvalue weighted by Gasteiger charge is -2.22. The van der Waals surface area contributed by atoms with E-state index >= 15 is 0 Å². The Morgan fingerprint density at radius 3 is 2.58 bits per heavy atom. The normalized spacial score (nSPS) is 15.4. The van der Waals surface area contributed by atoms with Crippen LogP contribution >= 0.6 is 11.3 Å².